The van der Waals surface area contributed by atoms with Crippen LogP contribution in [0.25, 0.3) is 10.2 Å². The summed E-state index contributed by atoms with van der Waals surface area (Å²) < 4.78 is 0. The summed E-state index contributed by atoms with van der Waals surface area (Å²) in [6.07, 6.45) is 3.49. The Bertz CT molecular complexity index is 917. The molecule has 4 nitrogen and oxygen atoms in total. The fourth-order valence-corrected chi connectivity index (χ4v) is 6.23. The van der Waals surface area contributed by atoms with Crippen LogP contribution in [0.2, 0.25) is 0 Å². The van der Waals surface area contributed by atoms with Gasteiger partial charge in [-0.25, -0.2) is 9.97 Å². The molecule has 0 spiro atoms. The highest BCUT2D eigenvalue weighted by Gasteiger charge is 2.22. The monoisotopic (exact) mass is 389 g/mol. The van der Waals surface area contributed by atoms with E-state index in [-0.39, 0.29) is 5.91 Å². The van der Waals surface area contributed by atoms with Gasteiger partial charge in [-0.1, -0.05) is 11.8 Å². The summed E-state index contributed by atoms with van der Waals surface area (Å²) in [4.78, 5) is 26.1. The van der Waals surface area contributed by atoms with Crippen molar-refractivity contribution in [1.82, 2.24) is 14.9 Å². The van der Waals surface area contributed by atoms with Crippen molar-refractivity contribution < 1.29 is 4.79 Å². The first-order valence-corrected chi connectivity index (χ1v) is 11.0. The van der Waals surface area contributed by atoms with Gasteiger partial charge in [0, 0.05) is 23.9 Å². The fourth-order valence-electron chi connectivity index (χ4n) is 3.15. The number of hydrogen-bond donors (Lipinski definition) is 0. The van der Waals surface area contributed by atoms with Crippen LogP contribution in [0.5, 0.6) is 0 Å². The number of aromatic nitrogens is 2. The van der Waals surface area contributed by atoms with E-state index in [2.05, 4.69) is 21.4 Å². The summed E-state index contributed by atoms with van der Waals surface area (Å²) in [5.74, 6) is 1.33. The van der Waals surface area contributed by atoms with Crippen molar-refractivity contribution in [3.63, 3.8) is 0 Å². The molecule has 25 heavy (non-hydrogen) atoms. The molecule has 1 aliphatic carbocycles. The highest BCUT2D eigenvalue weighted by atomic mass is 32.2. The van der Waals surface area contributed by atoms with Crippen LogP contribution in [-0.2, 0) is 24.2 Å². The predicted octanol–water partition coefficient (Wildman–Crippen LogP) is 4.30. The number of fused-ring (bicyclic) bond motifs is 3. The number of nitrogens with zero attached hydrogens (tertiary/aromatic N) is 3. The number of carbonyl (C=O) groups excluding carboxylic acids is 1. The second-order valence-electron chi connectivity index (χ2n) is 6.28. The normalized spacial score (nSPS) is 13.4. The van der Waals surface area contributed by atoms with E-state index < -0.39 is 0 Å². The third-order valence-corrected chi connectivity index (χ3v) is 7.28. The van der Waals surface area contributed by atoms with Gasteiger partial charge in [-0.2, -0.15) is 11.3 Å². The summed E-state index contributed by atoms with van der Waals surface area (Å²) in [5, 5.41) is 6.30. The Morgan fingerprint density at radius 1 is 1.36 bits per heavy atom. The van der Waals surface area contributed by atoms with E-state index in [1.54, 1.807) is 39.3 Å². The zero-order chi connectivity index (χ0) is 17.4. The first kappa shape index (κ1) is 17.0. The molecule has 3 heterocycles. The molecular formula is C18H19N3OS3. The molecule has 0 bridgehead atoms. The van der Waals surface area contributed by atoms with Crippen LogP contribution >= 0.6 is 34.4 Å². The molecule has 0 atom stereocenters. The van der Waals surface area contributed by atoms with Gasteiger partial charge in [0.25, 0.3) is 0 Å². The van der Waals surface area contributed by atoms with Crippen LogP contribution < -0.4 is 0 Å². The lowest BCUT2D eigenvalue weighted by molar-refractivity contribution is -0.127. The van der Waals surface area contributed by atoms with Crippen molar-refractivity contribution in [1.29, 1.82) is 0 Å². The van der Waals surface area contributed by atoms with Crippen molar-refractivity contribution in [3.8, 4) is 0 Å². The Kier molecular flexibility index (Phi) is 4.80. The maximum atomic E-state index is 12.5. The van der Waals surface area contributed by atoms with E-state index in [9.17, 15) is 4.79 Å². The van der Waals surface area contributed by atoms with E-state index in [0.29, 0.717) is 12.3 Å². The van der Waals surface area contributed by atoms with Crippen molar-refractivity contribution in [2.24, 2.45) is 0 Å². The topological polar surface area (TPSA) is 46.1 Å². The van der Waals surface area contributed by atoms with Crippen LogP contribution in [-0.4, -0.2) is 33.6 Å². The molecule has 0 radical (unpaired) electrons. The Labute approximate surface area is 159 Å². The predicted molar refractivity (Wildman–Crippen MR) is 106 cm³/mol. The van der Waals surface area contributed by atoms with E-state index in [4.69, 9.17) is 0 Å². The maximum absolute atomic E-state index is 12.5. The van der Waals surface area contributed by atoms with Crippen LogP contribution in [0, 0.1) is 6.92 Å². The SMILES string of the molecule is Cc1nc(SCC(=O)N(C)Cc2ccsc2)c2c3c(sc2n1)CCC3. The van der Waals surface area contributed by atoms with Crippen molar-refractivity contribution >= 4 is 50.6 Å². The first-order valence-electron chi connectivity index (χ1n) is 8.28. The molecule has 0 saturated carbocycles. The van der Waals surface area contributed by atoms with Crippen LogP contribution in [0.15, 0.2) is 21.9 Å². The van der Waals surface area contributed by atoms with Gasteiger partial charge < -0.3 is 4.90 Å². The highest BCUT2D eigenvalue weighted by Crippen LogP contribution is 2.40. The Morgan fingerprint density at radius 3 is 3.04 bits per heavy atom. The zero-order valence-electron chi connectivity index (χ0n) is 14.2. The quantitative estimate of drug-likeness (QED) is 0.482. The first-order chi connectivity index (χ1) is 12.1. The second-order valence-corrected chi connectivity index (χ2v) is 9.11. The minimum atomic E-state index is 0.132. The fraction of sp³-hybridized carbons (Fsp3) is 0.389. The summed E-state index contributed by atoms with van der Waals surface area (Å²) in [7, 11) is 1.86. The van der Waals surface area contributed by atoms with Gasteiger partial charge >= 0.3 is 0 Å². The number of aryl methyl sites for hydroxylation is 3. The lowest BCUT2D eigenvalue weighted by atomic mass is 10.2. The minimum absolute atomic E-state index is 0.132. The smallest absolute Gasteiger partial charge is 0.233 e. The molecule has 3 aromatic heterocycles. The van der Waals surface area contributed by atoms with Gasteiger partial charge in [0.05, 0.1) is 5.75 Å². The number of hydrogen-bond acceptors (Lipinski definition) is 6. The summed E-state index contributed by atoms with van der Waals surface area (Å²) >= 11 is 5.01. The molecule has 0 aliphatic heterocycles. The van der Waals surface area contributed by atoms with Gasteiger partial charge in [0.1, 0.15) is 15.7 Å². The molecule has 7 heteroatoms. The number of thioether (sulfide) groups is 1. The van der Waals surface area contributed by atoms with E-state index in [0.717, 1.165) is 28.5 Å². The van der Waals surface area contributed by atoms with Gasteiger partial charge in [-0.15, -0.1) is 11.3 Å². The molecule has 3 aromatic rings. The molecule has 0 saturated heterocycles. The minimum Gasteiger partial charge on any atom is -0.341 e. The van der Waals surface area contributed by atoms with E-state index in [1.807, 2.05) is 19.4 Å². The Balaban J connectivity index is 1.51. The molecule has 0 unspecified atom stereocenters. The third kappa shape index (κ3) is 3.45. The summed E-state index contributed by atoms with van der Waals surface area (Å²) in [6, 6.07) is 2.06. The molecule has 0 fully saturated rings. The zero-order valence-corrected chi connectivity index (χ0v) is 16.7. The maximum Gasteiger partial charge on any atom is 0.233 e. The lowest BCUT2D eigenvalue weighted by Gasteiger charge is -2.16. The molecule has 0 aromatic carbocycles. The average Bonchev–Trinajstić information content (AvgIpc) is 3.28. The van der Waals surface area contributed by atoms with Crippen LogP contribution in [0.3, 0.4) is 0 Å². The molecular weight excluding hydrogens is 370 g/mol. The van der Waals surface area contributed by atoms with Crippen LogP contribution in [0.1, 0.15) is 28.2 Å². The Morgan fingerprint density at radius 2 is 2.24 bits per heavy atom. The van der Waals surface area contributed by atoms with Gasteiger partial charge in [0.2, 0.25) is 5.91 Å². The standard InChI is InChI=1S/C18H19N3OS3/c1-11-19-17(16-13-4-3-5-14(13)25-18(16)20-11)24-10-15(22)21(2)8-12-6-7-23-9-12/h6-7,9H,3-5,8,10H2,1-2H3. The molecule has 1 amide bonds. The number of rotatable bonds is 5. The molecule has 130 valence electrons. The molecule has 0 N–H and O–H groups in total. The summed E-state index contributed by atoms with van der Waals surface area (Å²) in [6.45, 7) is 2.59. The van der Waals surface area contributed by atoms with Crippen molar-refractivity contribution in [2.45, 2.75) is 37.8 Å². The molecule has 1 aliphatic rings. The van der Waals surface area contributed by atoms with Crippen molar-refractivity contribution in [3.05, 3.63) is 38.7 Å². The van der Waals surface area contributed by atoms with Crippen LogP contribution in [0.4, 0.5) is 0 Å². The number of thiophene rings is 2. The average molecular weight is 390 g/mol. The Hall–Kier alpha value is -1.44. The molecule has 4 rings (SSSR count). The van der Waals surface area contributed by atoms with E-state index >= 15 is 0 Å². The van der Waals surface area contributed by atoms with Gasteiger partial charge in [0.15, 0.2) is 0 Å². The number of amides is 1. The largest absolute Gasteiger partial charge is 0.341 e. The van der Waals surface area contributed by atoms with Gasteiger partial charge in [-0.05, 0) is 54.1 Å². The highest BCUT2D eigenvalue weighted by molar-refractivity contribution is 8.00. The second kappa shape index (κ2) is 7.05. The number of carbonyl (C=O) groups is 1. The summed E-state index contributed by atoms with van der Waals surface area (Å²) in [5.41, 5.74) is 2.60. The van der Waals surface area contributed by atoms with Crippen molar-refractivity contribution in [2.75, 3.05) is 12.8 Å². The van der Waals surface area contributed by atoms with E-state index in [1.165, 1.54) is 27.8 Å². The third-order valence-electron chi connectivity index (χ3n) is 4.40. The lowest BCUT2D eigenvalue weighted by Crippen LogP contribution is -2.27. The van der Waals surface area contributed by atoms with Gasteiger partial charge in [-0.3, -0.25) is 4.79 Å².